The third-order valence-electron chi connectivity index (χ3n) is 3.63. The molecule has 0 heterocycles. The number of benzene rings is 1. The average Bonchev–Trinajstić information content (AvgIpc) is 2.40. The molecule has 0 aromatic heterocycles. The maximum absolute atomic E-state index is 5.91. The van der Waals surface area contributed by atoms with E-state index in [0.717, 1.165) is 30.6 Å². The molecule has 0 spiro atoms. The van der Waals surface area contributed by atoms with Gasteiger partial charge in [-0.1, -0.05) is 37.6 Å². The third-order valence-corrected chi connectivity index (χ3v) is 3.88. The van der Waals surface area contributed by atoms with Crippen molar-refractivity contribution in [1.29, 1.82) is 0 Å². The lowest BCUT2D eigenvalue weighted by atomic mass is 10.1. The fourth-order valence-corrected chi connectivity index (χ4v) is 2.29. The van der Waals surface area contributed by atoms with Crippen molar-refractivity contribution >= 4 is 11.6 Å². The van der Waals surface area contributed by atoms with Crippen LogP contribution in [-0.4, -0.2) is 31.1 Å². The van der Waals surface area contributed by atoms with Crippen LogP contribution in [0.3, 0.4) is 0 Å². The van der Waals surface area contributed by atoms with E-state index in [9.17, 15) is 0 Å². The van der Waals surface area contributed by atoms with Gasteiger partial charge in [0.05, 0.1) is 0 Å². The Morgan fingerprint density at radius 1 is 1.15 bits per heavy atom. The molecule has 1 N–H and O–H groups in total. The van der Waals surface area contributed by atoms with E-state index in [-0.39, 0.29) is 0 Å². The van der Waals surface area contributed by atoms with Gasteiger partial charge in [-0.3, -0.25) is 4.90 Å². The Bertz CT molecular complexity index is 362. The van der Waals surface area contributed by atoms with Gasteiger partial charge in [-0.15, -0.1) is 0 Å². The zero-order valence-corrected chi connectivity index (χ0v) is 14.1. The number of halogens is 1. The summed E-state index contributed by atoms with van der Waals surface area (Å²) >= 11 is 5.91. The van der Waals surface area contributed by atoms with Crippen LogP contribution in [0.4, 0.5) is 0 Å². The Hall–Kier alpha value is -0.570. The van der Waals surface area contributed by atoms with Crippen LogP contribution in [0.15, 0.2) is 24.3 Å². The van der Waals surface area contributed by atoms with Gasteiger partial charge in [0.25, 0.3) is 0 Å². The fourth-order valence-electron chi connectivity index (χ4n) is 2.17. The van der Waals surface area contributed by atoms with Gasteiger partial charge in [0.2, 0.25) is 0 Å². The molecular formula is C17H29ClN2. The van der Waals surface area contributed by atoms with E-state index in [1.807, 2.05) is 12.1 Å². The second-order valence-corrected chi connectivity index (χ2v) is 6.57. The molecule has 0 radical (unpaired) electrons. The van der Waals surface area contributed by atoms with Crippen molar-refractivity contribution in [2.45, 2.75) is 46.2 Å². The molecule has 0 bridgehead atoms. The predicted molar refractivity (Wildman–Crippen MR) is 89.3 cm³/mol. The minimum atomic E-state index is 0.603. The molecule has 0 saturated heterocycles. The zero-order valence-electron chi connectivity index (χ0n) is 13.3. The molecule has 3 heteroatoms. The van der Waals surface area contributed by atoms with Crippen molar-refractivity contribution < 1.29 is 0 Å². The first-order chi connectivity index (χ1) is 9.49. The maximum Gasteiger partial charge on any atom is 0.0406 e. The van der Waals surface area contributed by atoms with Crippen LogP contribution >= 0.6 is 11.6 Å². The first kappa shape index (κ1) is 17.5. The van der Waals surface area contributed by atoms with Crippen LogP contribution < -0.4 is 5.32 Å². The molecule has 0 aliphatic carbocycles. The second-order valence-electron chi connectivity index (χ2n) is 6.13. The summed E-state index contributed by atoms with van der Waals surface area (Å²) in [6, 6.07) is 8.74. The predicted octanol–water partition coefficient (Wildman–Crippen LogP) is 4.19. The lowest BCUT2D eigenvalue weighted by Crippen LogP contribution is -2.30. The maximum atomic E-state index is 5.91. The van der Waals surface area contributed by atoms with E-state index in [0.29, 0.717) is 6.04 Å². The molecule has 0 amide bonds. The zero-order chi connectivity index (χ0) is 15.0. The molecule has 1 unspecified atom stereocenters. The van der Waals surface area contributed by atoms with Gasteiger partial charge in [-0.25, -0.2) is 0 Å². The molecule has 1 aromatic rings. The Morgan fingerprint density at radius 3 is 2.40 bits per heavy atom. The highest BCUT2D eigenvalue weighted by Gasteiger charge is 2.09. The summed E-state index contributed by atoms with van der Waals surface area (Å²) in [4.78, 5) is 2.41. The highest BCUT2D eigenvalue weighted by molar-refractivity contribution is 6.30. The Morgan fingerprint density at radius 2 is 1.80 bits per heavy atom. The minimum absolute atomic E-state index is 0.603. The van der Waals surface area contributed by atoms with Gasteiger partial charge in [-0.05, 0) is 63.5 Å². The lowest BCUT2D eigenvalue weighted by Gasteiger charge is -2.25. The molecular weight excluding hydrogens is 268 g/mol. The van der Waals surface area contributed by atoms with Crippen molar-refractivity contribution in [2.24, 2.45) is 5.92 Å². The highest BCUT2D eigenvalue weighted by Crippen LogP contribution is 2.13. The molecule has 0 aliphatic rings. The van der Waals surface area contributed by atoms with Gasteiger partial charge < -0.3 is 5.32 Å². The van der Waals surface area contributed by atoms with Crippen molar-refractivity contribution in [3.05, 3.63) is 34.9 Å². The van der Waals surface area contributed by atoms with Crippen LogP contribution in [0.2, 0.25) is 5.02 Å². The Kier molecular flexibility index (Phi) is 8.20. The molecule has 0 saturated carbocycles. The van der Waals surface area contributed by atoms with Crippen LogP contribution in [-0.2, 0) is 6.54 Å². The lowest BCUT2D eigenvalue weighted by molar-refractivity contribution is 0.234. The molecule has 1 rings (SSSR count). The average molecular weight is 297 g/mol. The van der Waals surface area contributed by atoms with E-state index in [2.05, 4.69) is 50.2 Å². The van der Waals surface area contributed by atoms with Crippen molar-refractivity contribution in [3.63, 3.8) is 0 Å². The molecule has 1 atom stereocenters. The van der Waals surface area contributed by atoms with Crippen LogP contribution in [0, 0.1) is 5.92 Å². The smallest absolute Gasteiger partial charge is 0.0406 e. The third kappa shape index (κ3) is 7.28. The quantitative estimate of drug-likeness (QED) is 0.688. The van der Waals surface area contributed by atoms with Gasteiger partial charge in [0.1, 0.15) is 0 Å². The van der Waals surface area contributed by atoms with E-state index < -0.39 is 0 Å². The highest BCUT2D eigenvalue weighted by atomic mass is 35.5. The SMILES string of the molecule is CC(C)CNCCCC(C)N(C)Cc1ccc(Cl)cc1. The first-order valence-corrected chi connectivity index (χ1v) is 8.02. The number of nitrogens with one attached hydrogen (secondary N) is 1. The van der Waals surface area contributed by atoms with E-state index in [1.165, 1.54) is 18.4 Å². The summed E-state index contributed by atoms with van der Waals surface area (Å²) in [5, 5.41) is 4.31. The number of hydrogen-bond acceptors (Lipinski definition) is 2. The summed E-state index contributed by atoms with van der Waals surface area (Å²) in [6.45, 7) is 10.0. The molecule has 0 fully saturated rings. The van der Waals surface area contributed by atoms with Gasteiger partial charge in [-0.2, -0.15) is 0 Å². The molecule has 114 valence electrons. The van der Waals surface area contributed by atoms with E-state index in [4.69, 9.17) is 11.6 Å². The fraction of sp³-hybridized carbons (Fsp3) is 0.647. The molecule has 2 nitrogen and oxygen atoms in total. The molecule has 0 aliphatic heterocycles. The minimum Gasteiger partial charge on any atom is -0.316 e. The van der Waals surface area contributed by atoms with Crippen molar-refractivity contribution in [3.8, 4) is 0 Å². The van der Waals surface area contributed by atoms with E-state index >= 15 is 0 Å². The summed E-state index contributed by atoms with van der Waals surface area (Å²) in [6.07, 6.45) is 2.47. The largest absolute Gasteiger partial charge is 0.316 e. The summed E-state index contributed by atoms with van der Waals surface area (Å²) in [5.41, 5.74) is 1.32. The summed E-state index contributed by atoms with van der Waals surface area (Å²) in [5.74, 6) is 0.736. The Balaban J connectivity index is 2.21. The van der Waals surface area contributed by atoms with Crippen molar-refractivity contribution in [1.82, 2.24) is 10.2 Å². The Labute approximate surface area is 129 Å². The van der Waals surface area contributed by atoms with Gasteiger partial charge in [0, 0.05) is 17.6 Å². The number of rotatable bonds is 9. The summed E-state index contributed by atoms with van der Waals surface area (Å²) in [7, 11) is 2.20. The van der Waals surface area contributed by atoms with Crippen molar-refractivity contribution in [2.75, 3.05) is 20.1 Å². The standard InChI is InChI=1S/C17H29ClN2/c1-14(2)12-19-11-5-6-15(3)20(4)13-16-7-9-17(18)10-8-16/h7-10,14-15,19H,5-6,11-13H2,1-4H3. The topological polar surface area (TPSA) is 15.3 Å². The molecule has 20 heavy (non-hydrogen) atoms. The molecule has 1 aromatic carbocycles. The number of nitrogens with zero attached hydrogens (tertiary/aromatic N) is 1. The van der Waals surface area contributed by atoms with Crippen LogP contribution in [0.5, 0.6) is 0 Å². The van der Waals surface area contributed by atoms with E-state index in [1.54, 1.807) is 0 Å². The second kappa shape index (κ2) is 9.38. The van der Waals surface area contributed by atoms with Crippen LogP contribution in [0.1, 0.15) is 39.2 Å². The van der Waals surface area contributed by atoms with Crippen LogP contribution in [0.25, 0.3) is 0 Å². The normalized spacial score (nSPS) is 13.2. The number of hydrogen-bond donors (Lipinski definition) is 1. The first-order valence-electron chi connectivity index (χ1n) is 7.64. The van der Waals surface area contributed by atoms with Gasteiger partial charge in [0.15, 0.2) is 0 Å². The van der Waals surface area contributed by atoms with Gasteiger partial charge >= 0.3 is 0 Å². The summed E-state index contributed by atoms with van der Waals surface area (Å²) < 4.78 is 0. The monoisotopic (exact) mass is 296 g/mol.